The molecular formula is C16H27N3O2. The maximum Gasteiger partial charge on any atom is 0.191 e. The van der Waals surface area contributed by atoms with Crippen LogP contribution in [-0.4, -0.2) is 38.8 Å². The lowest BCUT2D eigenvalue weighted by Crippen LogP contribution is -2.43. The van der Waals surface area contributed by atoms with Gasteiger partial charge in [0.15, 0.2) is 5.96 Å². The molecule has 0 bridgehead atoms. The van der Waals surface area contributed by atoms with Gasteiger partial charge in [-0.25, -0.2) is 0 Å². The molecular weight excluding hydrogens is 266 g/mol. The van der Waals surface area contributed by atoms with Crippen molar-refractivity contribution >= 4 is 5.96 Å². The van der Waals surface area contributed by atoms with E-state index in [1.165, 1.54) is 25.7 Å². The molecule has 1 saturated carbocycles. The average Bonchev–Trinajstić information content (AvgIpc) is 3.16. The molecule has 2 rings (SSSR count). The van der Waals surface area contributed by atoms with Crippen LogP contribution in [0.15, 0.2) is 27.8 Å². The number of rotatable bonds is 8. The first-order valence-electron chi connectivity index (χ1n) is 7.94. The Morgan fingerprint density at radius 3 is 3.00 bits per heavy atom. The van der Waals surface area contributed by atoms with Crippen molar-refractivity contribution in [1.82, 2.24) is 10.6 Å². The number of guanidine groups is 1. The van der Waals surface area contributed by atoms with Gasteiger partial charge in [0.25, 0.3) is 0 Å². The minimum atomic E-state index is 0.572. The van der Waals surface area contributed by atoms with Gasteiger partial charge in [-0.05, 0) is 31.4 Å². The number of nitrogens with one attached hydrogen (secondary N) is 2. The first-order valence-corrected chi connectivity index (χ1v) is 7.94. The van der Waals surface area contributed by atoms with Crippen LogP contribution in [0.3, 0.4) is 0 Å². The second-order valence-corrected chi connectivity index (χ2v) is 5.46. The third-order valence-electron chi connectivity index (χ3n) is 3.72. The molecule has 5 nitrogen and oxygen atoms in total. The highest BCUT2D eigenvalue weighted by Crippen LogP contribution is 2.17. The molecule has 0 saturated heterocycles. The van der Waals surface area contributed by atoms with Gasteiger partial charge in [-0.2, -0.15) is 0 Å². The third-order valence-corrected chi connectivity index (χ3v) is 3.72. The predicted octanol–water partition coefficient (Wildman–Crippen LogP) is 2.34. The third kappa shape index (κ3) is 6.21. The van der Waals surface area contributed by atoms with E-state index in [0.29, 0.717) is 6.04 Å². The normalized spacial score (nSPS) is 16.3. The number of furan rings is 1. The van der Waals surface area contributed by atoms with Gasteiger partial charge in [0.05, 0.1) is 6.26 Å². The summed E-state index contributed by atoms with van der Waals surface area (Å²) in [6.07, 6.45) is 8.67. The summed E-state index contributed by atoms with van der Waals surface area (Å²) in [5.74, 6) is 1.92. The maximum absolute atomic E-state index is 5.35. The van der Waals surface area contributed by atoms with Crippen molar-refractivity contribution in [1.29, 1.82) is 0 Å². The number of hydrogen-bond donors (Lipinski definition) is 2. The van der Waals surface area contributed by atoms with Gasteiger partial charge in [0, 0.05) is 39.3 Å². The average molecular weight is 293 g/mol. The summed E-state index contributed by atoms with van der Waals surface area (Å²) >= 11 is 0. The van der Waals surface area contributed by atoms with Crippen LogP contribution in [0.25, 0.3) is 0 Å². The van der Waals surface area contributed by atoms with E-state index in [9.17, 15) is 0 Å². The van der Waals surface area contributed by atoms with Crippen molar-refractivity contribution in [3.05, 3.63) is 24.2 Å². The summed E-state index contributed by atoms with van der Waals surface area (Å²) in [6.45, 7) is 2.37. The van der Waals surface area contributed by atoms with Gasteiger partial charge in [-0.15, -0.1) is 0 Å². The van der Waals surface area contributed by atoms with E-state index < -0.39 is 0 Å². The van der Waals surface area contributed by atoms with Crippen LogP contribution in [-0.2, 0) is 11.2 Å². The van der Waals surface area contributed by atoms with Crippen LogP contribution in [0.5, 0.6) is 0 Å². The Kier molecular flexibility index (Phi) is 7.15. The second-order valence-electron chi connectivity index (χ2n) is 5.46. The lowest BCUT2D eigenvalue weighted by molar-refractivity contribution is 0.197. The summed E-state index contributed by atoms with van der Waals surface area (Å²) in [7, 11) is 1.73. The van der Waals surface area contributed by atoms with Gasteiger partial charge >= 0.3 is 0 Å². The molecule has 118 valence electrons. The first-order chi connectivity index (χ1) is 10.4. The highest BCUT2D eigenvalue weighted by Gasteiger charge is 2.15. The summed E-state index contributed by atoms with van der Waals surface area (Å²) < 4.78 is 10.4. The summed E-state index contributed by atoms with van der Waals surface area (Å²) in [4.78, 5) is 4.63. The van der Waals surface area contributed by atoms with Crippen molar-refractivity contribution in [2.75, 3.05) is 26.8 Å². The SMILES string of the molecule is COCCCN=C(NCCc1ccco1)NC1CCCC1. The quantitative estimate of drug-likeness (QED) is 0.439. The van der Waals surface area contributed by atoms with Gasteiger partial charge in [0.1, 0.15) is 5.76 Å². The Hall–Kier alpha value is -1.49. The summed E-state index contributed by atoms with van der Waals surface area (Å²) in [5.41, 5.74) is 0. The smallest absolute Gasteiger partial charge is 0.191 e. The molecule has 0 amide bonds. The van der Waals surface area contributed by atoms with E-state index in [4.69, 9.17) is 9.15 Å². The summed E-state index contributed by atoms with van der Waals surface area (Å²) in [6, 6.07) is 4.50. The molecule has 0 aromatic carbocycles. The molecule has 0 atom stereocenters. The van der Waals surface area contributed by atoms with E-state index in [2.05, 4.69) is 15.6 Å². The fourth-order valence-electron chi connectivity index (χ4n) is 2.57. The number of nitrogens with zero attached hydrogens (tertiary/aromatic N) is 1. The Morgan fingerprint density at radius 1 is 1.43 bits per heavy atom. The minimum Gasteiger partial charge on any atom is -0.469 e. The van der Waals surface area contributed by atoms with Gasteiger partial charge < -0.3 is 19.8 Å². The van der Waals surface area contributed by atoms with Crippen LogP contribution in [0.1, 0.15) is 37.9 Å². The number of methoxy groups -OCH3 is 1. The van der Waals surface area contributed by atoms with Crippen molar-refractivity contribution in [3.63, 3.8) is 0 Å². The molecule has 1 aromatic heterocycles. The Morgan fingerprint density at radius 2 is 2.29 bits per heavy atom. The fraction of sp³-hybridized carbons (Fsp3) is 0.688. The Bertz CT molecular complexity index is 398. The molecule has 5 heteroatoms. The largest absolute Gasteiger partial charge is 0.469 e. The lowest BCUT2D eigenvalue weighted by Gasteiger charge is -2.17. The zero-order valence-corrected chi connectivity index (χ0v) is 12.9. The van der Waals surface area contributed by atoms with Crippen molar-refractivity contribution in [2.24, 2.45) is 4.99 Å². The molecule has 0 radical (unpaired) electrons. The Balaban J connectivity index is 1.75. The molecule has 1 heterocycles. The monoisotopic (exact) mass is 293 g/mol. The van der Waals surface area contributed by atoms with Crippen LogP contribution >= 0.6 is 0 Å². The topological polar surface area (TPSA) is 58.8 Å². The van der Waals surface area contributed by atoms with Crippen molar-refractivity contribution in [3.8, 4) is 0 Å². The van der Waals surface area contributed by atoms with E-state index in [-0.39, 0.29) is 0 Å². The standard InChI is InChI=1S/C16H27N3O2/c1-20-12-5-10-17-16(19-14-6-2-3-7-14)18-11-9-15-8-4-13-21-15/h4,8,13-14H,2-3,5-7,9-12H2,1H3,(H2,17,18,19). The molecule has 1 fully saturated rings. The highest BCUT2D eigenvalue weighted by atomic mass is 16.5. The van der Waals surface area contributed by atoms with E-state index in [0.717, 1.165) is 44.3 Å². The number of aliphatic imine (C=N–C) groups is 1. The Labute approximate surface area is 127 Å². The molecule has 1 aromatic rings. The van der Waals surface area contributed by atoms with Gasteiger partial charge in [0.2, 0.25) is 0 Å². The molecule has 0 aliphatic heterocycles. The van der Waals surface area contributed by atoms with Gasteiger partial charge in [-0.3, -0.25) is 4.99 Å². The number of ether oxygens (including phenoxy) is 1. The molecule has 0 unspecified atom stereocenters. The van der Waals surface area contributed by atoms with Crippen molar-refractivity contribution < 1.29 is 9.15 Å². The fourth-order valence-corrected chi connectivity index (χ4v) is 2.57. The summed E-state index contributed by atoms with van der Waals surface area (Å²) in [5, 5.41) is 6.94. The lowest BCUT2D eigenvalue weighted by atomic mass is 10.2. The predicted molar refractivity (Wildman–Crippen MR) is 84.6 cm³/mol. The minimum absolute atomic E-state index is 0.572. The zero-order chi connectivity index (χ0) is 14.8. The van der Waals surface area contributed by atoms with E-state index >= 15 is 0 Å². The zero-order valence-electron chi connectivity index (χ0n) is 12.9. The van der Waals surface area contributed by atoms with Crippen LogP contribution in [0, 0.1) is 0 Å². The molecule has 0 spiro atoms. The number of hydrogen-bond acceptors (Lipinski definition) is 3. The van der Waals surface area contributed by atoms with Crippen LogP contribution < -0.4 is 10.6 Å². The molecule has 21 heavy (non-hydrogen) atoms. The molecule has 1 aliphatic rings. The first kappa shape index (κ1) is 15.9. The van der Waals surface area contributed by atoms with Crippen LogP contribution in [0.4, 0.5) is 0 Å². The van der Waals surface area contributed by atoms with Gasteiger partial charge in [-0.1, -0.05) is 12.8 Å². The molecule has 1 aliphatic carbocycles. The maximum atomic E-state index is 5.35. The molecule has 2 N–H and O–H groups in total. The second kappa shape index (κ2) is 9.45. The van der Waals surface area contributed by atoms with E-state index in [1.807, 2.05) is 12.1 Å². The van der Waals surface area contributed by atoms with E-state index in [1.54, 1.807) is 13.4 Å². The van der Waals surface area contributed by atoms with Crippen LogP contribution in [0.2, 0.25) is 0 Å². The van der Waals surface area contributed by atoms with Crippen molar-refractivity contribution in [2.45, 2.75) is 44.6 Å². The highest BCUT2D eigenvalue weighted by molar-refractivity contribution is 5.80.